The van der Waals surface area contributed by atoms with Crippen molar-refractivity contribution in [1.82, 2.24) is 0 Å². The fourth-order valence-corrected chi connectivity index (χ4v) is 6.00. The highest BCUT2D eigenvalue weighted by Crippen LogP contribution is 2.40. The maximum atomic E-state index is 6.92. The Morgan fingerprint density at radius 1 is 0.375 bits per heavy atom. The van der Waals surface area contributed by atoms with Gasteiger partial charge in [0.25, 0.3) is 0 Å². The summed E-state index contributed by atoms with van der Waals surface area (Å²) in [6.07, 6.45) is 25.1. The highest BCUT2D eigenvalue weighted by atomic mass is 16.5. The lowest BCUT2D eigenvalue weighted by Crippen LogP contribution is -2.33. The van der Waals surface area contributed by atoms with Crippen LogP contribution in [0.15, 0.2) is 91.0 Å². The van der Waals surface area contributed by atoms with Crippen molar-refractivity contribution in [1.29, 1.82) is 0 Å². The average Bonchev–Trinajstić information content (AvgIpc) is 3.01. The van der Waals surface area contributed by atoms with Crippen molar-refractivity contribution in [2.75, 3.05) is 6.61 Å². The standard InChI is InChI=1S/C39H56O/c1-2-3-4-5-6-7-8-9-10-11-12-13-14-15-16-17-18-28-35-40-39(36-29-22-19-23-30-36,37-31-24-20-25-32-37)38-33-26-21-27-34-38/h19-27,29-34H,2-18,28,35H2,1H3. The molecule has 1 nitrogen and oxygen atoms in total. The Morgan fingerprint density at radius 3 is 0.950 bits per heavy atom. The van der Waals surface area contributed by atoms with Crippen molar-refractivity contribution in [3.05, 3.63) is 108 Å². The second kappa shape index (κ2) is 20.5. The van der Waals surface area contributed by atoms with E-state index in [4.69, 9.17) is 4.74 Å². The first-order valence-electron chi connectivity index (χ1n) is 16.7. The molecule has 0 spiro atoms. The zero-order valence-corrected chi connectivity index (χ0v) is 25.5. The van der Waals surface area contributed by atoms with Crippen molar-refractivity contribution in [3.8, 4) is 0 Å². The summed E-state index contributed by atoms with van der Waals surface area (Å²) in [5.41, 5.74) is 2.98. The van der Waals surface area contributed by atoms with Gasteiger partial charge in [0.2, 0.25) is 0 Å². The topological polar surface area (TPSA) is 9.23 Å². The lowest BCUT2D eigenvalue weighted by molar-refractivity contribution is 0.0106. The first kappa shape index (κ1) is 32.1. The molecule has 1 heteroatoms. The fraction of sp³-hybridized carbons (Fsp3) is 0.538. The lowest BCUT2D eigenvalue weighted by atomic mass is 9.80. The minimum absolute atomic E-state index is 0.585. The Morgan fingerprint density at radius 2 is 0.650 bits per heavy atom. The SMILES string of the molecule is CCCCCCCCCCCCCCCCCCCCOC(c1ccccc1)(c1ccccc1)c1ccccc1. The molecule has 0 radical (unpaired) electrons. The van der Waals surface area contributed by atoms with Gasteiger partial charge in [0, 0.05) is 6.61 Å². The van der Waals surface area contributed by atoms with Crippen LogP contribution in [0.3, 0.4) is 0 Å². The van der Waals surface area contributed by atoms with Gasteiger partial charge in [-0.2, -0.15) is 0 Å². The summed E-state index contributed by atoms with van der Waals surface area (Å²) < 4.78 is 6.92. The maximum absolute atomic E-state index is 6.92. The van der Waals surface area contributed by atoms with E-state index in [9.17, 15) is 0 Å². The largest absolute Gasteiger partial charge is 0.361 e. The van der Waals surface area contributed by atoms with E-state index in [1.165, 1.54) is 126 Å². The smallest absolute Gasteiger partial charge is 0.143 e. The van der Waals surface area contributed by atoms with Crippen molar-refractivity contribution >= 4 is 0 Å². The van der Waals surface area contributed by atoms with Gasteiger partial charge >= 0.3 is 0 Å². The van der Waals surface area contributed by atoms with E-state index >= 15 is 0 Å². The molecule has 40 heavy (non-hydrogen) atoms. The average molecular weight is 541 g/mol. The van der Waals surface area contributed by atoms with Crippen LogP contribution in [0.5, 0.6) is 0 Å². The van der Waals surface area contributed by atoms with Crippen molar-refractivity contribution < 1.29 is 4.74 Å². The van der Waals surface area contributed by atoms with Crippen LogP contribution < -0.4 is 0 Å². The normalized spacial score (nSPS) is 11.6. The summed E-state index contributed by atoms with van der Waals surface area (Å²) in [5, 5.41) is 0. The van der Waals surface area contributed by atoms with Crippen molar-refractivity contribution in [2.24, 2.45) is 0 Å². The number of ether oxygens (including phenoxy) is 1. The van der Waals surface area contributed by atoms with Crippen LogP contribution in [0, 0.1) is 0 Å². The second-order valence-corrected chi connectivity index (χ2v) is 11.6. The molecule has 0 aliphatic heterocycles. The highest BCUT2D eigenvalue weighted by Gasteiger charge is 2.37. The summed E-state index contributed by atoms with van der Waals surface area (Å²) in [4.78, 5) is 0. The molecule has 0 N–H and O–H groups in total. The van der Waals surface area contributed by atoms with E-state index in [0.29, 0.717) is 0 Å². The van der Waals surface area contributed by atoms with Gasteiger partial charge in [-0.1, -0.05) is 207 Å². The molecule has 0 bridgehead atoms. The van der Waals surface area contributed by atoms with Gasteiger partial charge in [-0.3, -0.25) is 0 Å². The van der Waals surface area contributed by atoms with Crippen molar-refractivity contribution in [2.45, 2.75) is 128 Å². The lowest BCUT2D eigenvalue weighted by Gasteiger charge is -2.36. The second-order valence-electron chi connectivity index (χ2n) is 11.6. The monoisotopic (exact) mass is 540 g/mol. The Bertz CT molecular complexity index is 869. The van der Waals surface area contributed by atoms with Crippen LogP contribution in [0.4, 0.5) is 0 Å². The number of rotatable bonds is 23. The van der Waals surface area contributed by atoms with E-state index in [2.05, 4.69) is 97.9 Å². The third kappa shape index (κ3) is 11.2. The Hall–Kier alpha value is -2.38. The third-order valence-electron chi connectivity index (χ3n) is 8.36. The van der Waals surface area contributed by atoms with Gasteiger partial charge in [0.1, 0.15) is 5.60 Å². The molecular formula is C39H56O. The molecule has 0 saturated heterocycles. The van der Waals surface area contributed by atoms with E-state index < -0.39 is 5.60 Å². The van der Waals surface area contributed by atoms with Crippen LogP contribution in [0.25, 0.3) is 0 Å². The van der Waals surface area contributed by atoms with Crippen LogP contribution in [-0.2, 0) is 10.3 Å². The number of hydrogen-bond donors (Lipinski definition) is 0. The highest BCUT2D eigenvalue weighted by molar-refractivity contribution is 5.47. The predicted molar refractivity (Wildman–Crippen MR) is 174 cm³/mol. The molecule has 0 saturated carbocycles. The van der Waals surface area contributed by atoms with Crippen LogP contribution in [0.2, 0.25) is 0 Å². The Balaban J connectivity index is 1.31. The zero-order chi connectivity index (χ0) is 28.0. The van der Waals surface area contributed by atoms with Gasteiger partial charge in [0.05, 0.1) is 0 Å². The fourth-order valence-electron chi connectivity index (χ4n) is 6.00. The Labute approximate surface area is 246 Å². The maximum Gasteiger partial charge on any atom is 0.143 e. The van der Waals surface area contributed by atoms with E-state index in [0.717, 1.165) is 13.0 Å². The number of hydrogen-bond acceptors (Lipinski definition) is 1. The van der Waals surface area contributed by atoms with E-state index in [-0.39, 0.29) is 0 Å². The molecule has 3 rings (SSSR count). The summed E-state index contributed by atoms with van der Waals surface area (Å²) in [6, 6.07) is 32.2. The summed E-state index contributed by atoms with van der Waals surface area (Å²) >= 11 is 0. The van der Waals surface area contributed by atoms with Gasteiger partial charge in [-0.15, -0.1) is 0 Å². The molecule has 0 atom stereocenters. The molecule has 0 amide bonds. The third-order valence-corrected chi connectivity index (χ3v) is 8.36. The van der Waals surface area contributed by atoms with Gasteiger partial charge in [-0.05, 0) is 23.1 Å². The quantitative estimate of drug-likeness (QED) is 0.0858. The van der Waals surface area contributed by atoms with Gasteiger partial charge in [-0.25, -0.2) is 0 Å². The zero-order valence-electron chi connectivity index (χ0n) is 25.5. The molecule has 0 aromatic heterocycles. The molecule has 0 fully saturated rings. The minimum atomic E-state index is -0.585. The van der Waals surface area contributed by atoms with E-state index in [1.54, 1.807) is 0 Å². The number of unbranched alkanes of at least 4 members (excludes halogenated alkanes) is 17. The molecular weight excluding hydrogens is 484 g/mol. The Kier molecular flexibility index (Phi) is 16.5. The summed E-state index contributed by atoms with van der Waals surface area (Å²) in [5.74, 6) is 0. The molecule has 0 aliphatic carbocycles. The van der Waals surface area contributed by atoms with Crippen molar-refractivity contribution in [3.63, 3.8) is 0 Å². The number of benzene rings is 3. The molecule has 3 aromatic rings. The predicted octanol–water partition coefficient (Wildman–Crippen LogP) is 12.0. The minimum Gasteiger partial charge on any atom is -0.361 e. The van der Waals surface area contributed by atoms with Gasteiger partial charge in [0.15, 0.2) is 0 Å². The molecule has 0 aliphatic rings. The summed E-state index contributed by atoms with van der Waals surface area (Å²) in [7, 11) is 0. The first-order valence-corrected chi connectivity index (χ1v) is 16.7. The van der Waals surface area contributed by atoms with Gasteiger partial charge < -0.3 is 4.74 Å². The molecule has 3 aromatic carbocycles. The first-order chi connectivity index (χ1) is 19.9. The molecule has 0 heterocycles. The van der Waals surface area contributed by atoms with Crippen LogP contribution in [-0.4, -0.2) is 6.61 Å². The summed E-state index contributed by atoms with van der Waals surface area (Å²) in [6.45, 7) is 3.06. The molecule has 0 unspecified atom stereocenters. The van der Waals surface area contributed by atoms with E-state index in [1.807, 2.05) is 0 Å². The van der Waals surface area contributed by atoms with Crippen LogP contribution >= 0.6 is 0 Å². The van der Waals surface area contributed by atoms with Crippen LogP contribution in [0.1, 0.15) is 139 Å². The molecule has 218 valence electrons.